The smallest absolute Gasteiger partial charge is 0.0660 e. The maximum absolute atomic E-state index is 10.3. The van der Waals surface area contributed by atoms with E-state index in [1.807, 2.05) is 0 Å². The minimum Gasteiger partial charge on any atom is -0.390 e. The van der Waals surface area contributed by atoms with E-state index in [1.165, 1.54) is 32.1 Å². The molecule has 0 amide bonds. The van der Waals surface area contributed by atoms with Crippen LogP contribution < -0.4 is 5.73 Å². The Balaban J connectivity index is 2.39. The van der Waals surface area contributed by atoms with Gasteiger partial charge in [-0.3, -0.25) is 0 Å². The standard InChI is InChI=1S/C12H25NO/c1-2-4-11-5-3-7-12(14,8-6-11)9-10-13/h11,14H,2-10,13H2,1H3. The molecule has 0 saturated heterocycles. The van der Waals surface area contributed by atoms with E-state index in [0.717, 1.165) is 25.2 Å². The predicted molar refractivity (Wildman–Crippen MR) is 60.1 cm³/mol. The second kappa shape index (κ2) is 5.72. The molecule has 2 unspecified atom stereocenters. The van der Waals surface area contributed by atoms with Crippen LogP contribution in [0.15, 0.2) is 0 Å². The Morgan fingerprint density at radius 1 is 1.36 bits per heavy atom. The molecule has 84 valence electrons. The summed E-state index contributed by atoms with van der Waals surface area (Å²) in [5.74, 6) is 0.854. The van der Waals surface area contributed by atoms with E-state index in [9.17, 15) is 5.11 Å². The van der Waals surface area contributed by atoms with E-state index >= 15 is 0 Å². The van der Waals surface area contributed by atoms with Crippen molar-refractivity contribution in [2.45, 2.75) is 63.9 Å². The molecule has 0 aliphatic heterocycles. The predicted octanol–water partition coefficient (Wildman–Crippen LogP) is 2.45. The van der Waals surface area contributed by atoms with Crippen molar-refractivity contribution in [3.05, 3.63) is 0 Å². The second-order valence-corrected chi connectivity index (χ2v) is 4.85. The number of hydrogen-bond acceptors (Lipinski definition) is 2. The average molecular weight is 199 g/mol. The van der Waals surface area contributed by atoms with Gasteiger partial charge in [0.2, 0.25) is 0 Å². The molecule has 0 bridgehead atoms. The highest BCUT2D eigenvalue weighted by Gasteiger charge is 2.29. The summed E-state index contributed by atoms with van der Waals surface area (Å²) in [6.07, 6.45) is 9.01. The summed E-state index contributed by atoms with van der Waals surface area (Å²) in [7, 11) is 0. The number of hydrogen-bond donors (Lipinski definition) is 2. The van der Waals surface area contributed by atoms with E-state index in [2.05, 4.69) is 6.92 Å². The number of nitrogens with two attached hydrogens (primary N) is 1. The Morgan fingerprint density at radius 2 is 2.14 bits per heavy atom. The Bertz CT molecular complexity index is 160. The van der Waals surface area contributed by atoms with Crippen LogP contribution in [0, 0.1) is 5.92 Å². The molecule has 2 heteroatoms. The summed E-state index contributed by atoms with van der Waals surface area (Å²) in [5.41, 5.74) is 5.10. The van der Waals surface area contributed by atoms with E-state index in [4.69, 9.17) is 5.73 Å². The van der Waals surface area contributed by atoms with Crippen molar-refractivity contribution in [3.63, 3.8) is 0 Å². The van der Waals surface area contributed by atoms with Gasteiger partial charge in [0.25, 0.3) is 0 Å². The zero-order chi connectivity index (χ0) is 10.4. The first-order valence-electron chi connectivity index (χ1n) is 6.12. The average Bonchev–Trinajstić information content (AvgIpc) is 2.30. The maximum atomic E-state index is 10.3. The van der Waals surface area contributed by atoms with Crippen LogP contribution in [0.2, 0.25) is 0 Å². The Kier molecular flexibility index (Phi) is 4.90. The Labute approximate surface area is 87.9 Å². The topological polar surface area (TPSA) is 46.2 Å². The van der Waals surface area contributed by atoms with Gasteiger partial charge in [-0.05, 0) is 38.1 Å². The van der Waals surface area contributed by atoms with Gasteiger partial charge in [0.05, 0.1) is 5.60 Å². The van der Waals surface area contributed by atoms with Crippen LogP contribution in [0.4, 0.5) is 0 Å². The van der Waals surface area contributed by atoms with Gasteiger partial charge in [0.15, 0.2) is 0 Å². The van der Waals surface area contributed by atoms with Crippen molar-refractivity contribution in [1.82, 2.24) is 0 Å². The highest BCUT2D eigenvalue weighted by Crippen LogP contribution is 2.34. The van der Waals surface area contributed by atoms with Crippen molar-refractivity contribution in [2.24, 2.45) is 11.7 Å². The summed E-state index contributed by atoms with van der Waals surface area (Å²) in [6, 6.07) is 0. The SMILES string of the molecule is CCCC1CCCC(O)(CCN)CC1. The minimum absolute atomic E-state index is 0.433. The molecule has 14 heavy (non-hydrogen) atoms. The molecule has 1 fully saturated rings. The van der Waals surface area contributed by atoms with Gasteiger partial charge in [-0.15, -0.1) is 0 Å². The van der Waals surface area contributed by atoms with Crippen LogP contribution in [0.3, 0.4) is 0 Å². The first-order chi connectivity index (χ1) is 6.70. The lowest BCUT2D eigenvalue weighted by molar-refractivity contribution is 0.0177. The molecule has 1 aliphatic rings. The first kappa shape index (κ1) is 12.0. The van der Waals surface area contributed by atoms with Gasteiger partial charge in [-0.25, -0.2) is 0 Å². The fourth-order valence-corrected chi connectivity index (χ4v) is 2.68. The Hall–Kier alpha value is -0.0800. The zero-order valence-electron chi connectivity index (χ0n) is 9.47. The van der Waals surface area contributed by atoms with Crippen molar-refractivity contribution >= 4 is 0 Å². The molecule has 2 nitrogen and oxygen atoms in total. The molecule has 1 aliphatic carbocycles. The molecule has 0 aromatic carbocycles. The van der Waals surface area contributed by atoms with Gasteiger partial charge in [-0.1, -0.05) is 32.6 Å². The van der Waals surface area contributed by atoms with Crippen molar-refractivity contribution < 1.29 is 5.11 Å². The second-order valence-electron chi connectivity index (χ2n) is 4.85. The molecule has 0 aromatic heterocycles. The highest BCUT2D eigenvalue weighted by atomic mass is 16.3. The zero-order valence-corrected chi connectivity index (χ0v) is 9.47. The molecular formula is C12H25NO. The summed E-state index contributed by atoms with van der Waals surface area (Å²) in [4.78, 5) is 0. The maximum Gasteiger partial charge on any atom is 0.0660 e. The molecule has 3 N–H and O–H groups in total. The summed E-state index contributed by atoms with van der Waals surface area (Å²) >= 11 is 0. The largest absolute Gasteiger partial charge is 0.390 e. The highest BCUT2D eigenvalue weighted by molar-refractivity contribution is 4.83. The molecule has 0 radical (unpaired) electrons. The van der Waals surface area contributed by atoms with Crippen LogP contribution in [0.1, 0.15) is 58.3 Å². The molecular weight excluding hydrogens is 174 g/mol. The normalized spacial score (nSPS) is 34.1. The molecule has 1 rings (SSSR count). The van der Waals surface area contributed by atoms with Crippen LogP contribution in [-0.4, -0.2) is 17.3 Å². The lowest BCUT2D eigenvalue weighted by atomic mass is 9.90. The van der Waals surface area contributed by atoms with Gasteiger partial charge >= 0.3 is 0 Å². The minimum atomic E-state index is -0.433. The fourth-order valence-electron chi connectivity index (χ4n) is 2.68. The van der Waals surface area contributed by atoms with Crippen LogP contribution in [0.5, 0.6) is 0 Å². The lowest BCUT2D eigenvalue weighted by Gasteiger charge is -2.25. The molecule has 0 spiro atoms. The third kappa shape index (κ3) is 3.58. The van der Waals surface area contributed by atoms with Crippen LogP contribution in [-0.2, 0) is 0 Å². The monoisotopic (exact) mass is 199 g/mol. The van der Waals surface area contributed by atoms with Crippen molar-refractivity contribution in [1.29, 1.82) is 0 Å². The lowest BCUT2D eigenvalue weighted by Crippen LogP contribution is -2.30. The summed E-state index contributed by atoms with van der Waals surface area (Å²) < 4.78 is 0. The third-order valence-electron chi connectivity index (χ3n) is 3.58. The molecule has 0 heterocycles. The molecule has 0 aromatic rings. The number of aliphatic hydroxyl groups is 1. The van der Waals surface area contributed by atoms with E-state index in [1.54, 1.807) is 0 Å². The van der Waals surface area contributed by atoms with Crippen molar-refractivity contribution in [2.75, 3.05) is 6.54 Å². The first-order valence-corrected chi connectivity index (χ1v) is 6.12. The number of rotatable bonds is 4. The summed E-state index contributed by atoms with van der Waals surface area (Å²) in [6.45, 7) is 2.87. The molecule has 1 saturated carbocycles. The summed E-state index contributed by atoms with van der Waals surface area (Å²) in [5, 5.41) is 10.3. The fraction of sp³-hybridized carbons (Fsp3) is 1.00. The van der Waals surface area contributed by atoms with E-state index < -0.39 is 5.60 Å². The third-order valence-corrected chi connectivity index (χ3v) is 3.58. The van der Waals surface area contributed by atoms with Gasteiger partial charge in [0.1, 0.15) is 0 Å². The van der Waals surface area contributed by atoms with E-state index in [0.29, 0.717) is 6.54 Å². The van der Waals surface area contributed by atoms with Gasteiger partial charge in [0, 0.05) is 0 Å². The van der Waals surface area contributed by atoms with Gasteiger partial charge in [-0.2, -0.15) is 0 Å². The van der Waals surface area contributed by atoms with Crippen LogP contribution in [0.25, 0.3) is 0 Å². The van der Waals surface area contributed by atoms with Crippen molar-refractivity contribution in [3.8, 4) is 0 Å². The Morgan fingerprint density at radius 3 is 2.79 bits per heavy atom. The van der Waals surface area contributed by atoms with Crippen LogP contribution >= 0.6 is 0 Å². The quantitative estimate of drug-likeness (QED) is 0.683. The molecule has 2 atom stereocenters. The van der Waals surface area contributed by atoms with Gasteiger partial charge < -0.3 is 10.8 Å². The van der Waals surface area contributed by atoms with E-state index in [-0.39, 0.29) is 0 Å².